The maximum absolute atomic E-state index is 11.9. The van der Waals surface area contributed by atoms with Gasteiger partial charge < -0.3 is 5.32 Å². The van der Waals surface area contributed by atoms with E-state index in [-0.39, 0.29) is 5.91 Å². The first-order valence-corrected chi connectivity index (χ1v) is 6.82. The molecule has 0 bridgehead atoms. The summed E-state index contributed by atoms with van der Waals surface area (Å²) in [5.41, 5.74) is 1.60. The minimum absolute atomic E-state index is 0.109. The van der Waals surface area contributed by atoms with Crippen LogP contribution in [0.1, 0.15) is 40.8 Å². The molecule has 0 aliphatic carbocycles. The van der Waals surface area contributed by atoms with E-state index in [4.69, 9.17) is 0 Å². The molecule has 0 fully saturated rings. The van der Waals surface area contributed by atoms with Crippen molar-refractivity contribution in [1.82, 2.24) is 10.3 Å². The third-order valence-corrected chi connectivity index (χ3v) is 3.69. The summed E-state index contributed by atoms with van der Waals surface area (Å²) in [6.45, 7) is 4.68. The molecule has 0 saturated carbocycles. The number of amides is 1. The maximum Gasteiger partial charge on any atom is 0.271 e. The lowest BCUT2D eigenvalue weighted by molar-refractivity contribution is 0.0946. The van der Waals surface area contributed by atoms with Crippen LogP contribution in [-0.4, -0.2) is 10.9 Å². The minimum atomic E-state index is -0.109. The van der Waals surface area contributed by atoms with Gasteiger partial charge in [-0.05, 0) is 5.56 Å². The second-order valence-corrected chi connectivity index (χ2v) is 5.28. The third-order valence-electron chi connectivity index (χ3n) is 2.54. The van der Waals surface area contributed by atoms with Crippen molar-refractivity contribution >= 4 is 17.2 Å². The molecule has 0 saturated heterocycles. The summed E-state index contributed by atoms with van der Waals surface area (Å²) in [4.78, 5) is 16.2. The van der Waals surface area contributed by atoms with E-state index in [9.17, 15) is 4.79 Å². The highest BCUT2D eigenvalue weighted by molar-refractivity contribution is 7.09. The van der Waals surface area contributed by atoms with Crippen LogP contribution in [-0.2, 0) is 6.54 Å². The fourth-order valence-corrected chi connectivity index (χ4v) is 2.34. The Bertz CT molecular complexity index is 520. The number of nitrogens with one attached hydrogen (secondary N) is 1. The fourth-order valence-electron chi connectivity index (χ4n) is 1.53. The van der Waals surface area contributed by atoms with E-state index in [1.807, 2.05) is 35.7 Å². The molecule has 0 unspecified atom stereocenters. The van der Waals surface area contributed by atoms with E-state index in [1.165, 1.54) is 11.3 Å². The van der Waals surface area contributed by atoms with E-state index in [1.54, 1.807) is 0 Å². The van der Waals surface area contributed by atoms with Crippen molar-refractivity contribution in [3.05, 3.63) is 52.0 Å². The molecule has 0 radical (unpaired) electrons. The van der Waals surface area contributed by atoms with Crippen LogP contribution in [0.5, 0.6) is 0 Å². The molecule has 1 N–H and O–H groups in total. The molecule has 1 aromatic heterocycles. The van der Waals surface area contributed by atoms with Gasteiger partial charge in [-0.25, -0.2) is 4.98 Å². The van der Waals surface area contributed by atoms with Gasteiger partial charge in [0.15, 0.2) is 0 Å². The molecule has 0 aliphatic rings. The predicted octanol–water partition coefficient (Wildman–Crippen LogP) is 3.20. The van der Waals surface area contributed by atoms with Gasteiger partial charge in [-0.1, -0.05) is 44.2 Å². The SMILES string of the molecule is CC(C)c1nc(C(=O)NCc2ccccc2)cs1. The van der Waals surface area contributed by atoms with Crippen molar-refractivity contribution in [2.45, 2.75) is 26.3 Å². The van der Waals surface area contributed by atoms with Gasteiger partial charge in [0.25, 0.3) is 5.91 Å². The van der Waals surface area contributed by atoms with Gasteiger partial charge in [0.05, 0.1) is 5.01 Å². The molecular formula is C14H16N2OS. The summed E-state index contributed by atoms with van der Waals surface area (Å²) in [6, 6.07) is 9.85. The van der Waals surface area contributed by atoms with Gasteiger partial charge in [-0.15, -0.1) is 11.3 Å². The van der Waals surface area contributed by atoms with Gasteiger partial charge in [-0.3, -0.25) is 4.79 Å². The summed E-state index contributed by atoms with van der Waals surface area (Å²) in [7, 11) is 0. The monoisotopic (exact) mass is 260 g/mol. The van der Waals surface area contributed by atoms with Crippen molar-refractivity contribution in [2.24, 2.45) is 0 Å². The van der Waals surface area contributed by atoms with Gasteiger partial charge in [0, 0.05) is 17.8 Å². The summed E-state index contributed by atoms with van der Waals surface area (Å²) in [6.07, 6.45) is 0. The average Bonchev–Trinajstić information content (AvgIpc) is 2.87. The first-order chi connectivity index (χ1) is 8.66. The number of rotatable bonds is 4. The molecule has 0 atom stereocenters. The first kappa shape index (κ1) is 12.8. The maximum atomic E-state index is 11.9. The Kier molecular flexibility index (Phi) is 4.10. The minimum Gasteiger partial charge on any atom is -0.347 e. The predicted molar refractivity (Wildman–Crippen MR) is 73.8 cm³/mol. The van der Waals surface area contributed by atoms with Gasteiger partial charge in [0.2, 0.25) is 0 Å². The van der Waals surface area contributed by atoms with Crippen LogP contribution in [0.4, 0.5) is 0 Å². The molecule has 4 heteroatoms. The molecule has 0 aliphatic heterocycles. The summed E-state index contributed by atoms with van der Waals surface area (Å²) >= 11 is 1.54. The Hall–Kier alpha value is -1.68. The van der Waals surface area contributed by atoms with Gasteiger partial charge in [0.1, 0.15) is 5.69 Å². The van der Waals surface area contributed by atoms with Crippen LogP contribution in [0.25, 0.3) is 0 Å². The largest absolute Gasteiger partial charge is 0.347 e. The van der Waals surface area contributed by atoms with E-state index >= 15 is 0 Å². The van der Waals surface area contributed by atoms with E-state index in [2.05, 4.69) is 24.1 Å². The van der Waals surface area contributed by atoms with Crippen LogP contribution in [0.15, 0.2) is 35.7 Å². The lowest BCUT2D eigenvalue weighted by Gasteiger charge is -2.03. The van der Waals surface area contributed by atoms with E-state index in [0.29, 0.717) is 18.2 Å². The Labute approximate surface area is 111 Å². The highest BCUT2D eigenvalue weighted by Crippen LogP contribution is 2.19. The smallest absolute Gasteiger partial charge is 0.271 e. The standard InChI is InChI=1S/C14H16N2OS/c1-10(2)14-16-12(9-18-14)13(17)15-8-11-6-4-3-5-7-11/h3-7,9-10H,8H2,1-2H3,(H,15,17). The lowest BCUT2D eigenvalue weighted by Crippen LogP contribution is -2.23. The normalized spacial score (nSPS) is 10.6. The summed E-state index contributed by atoms with van der Waals surface area (Å²) in [5, 5.41) is 5.69. The molecule has 0 spiro atoms. The molecule has 94 valence electrons. The lowest BCUT2D eigenvalue weighted by atomic mass is 10.2. The zero-order valence-corrected chi connectivity index (χ0v) is 11.3. The molecule has 1 amide bonds. The van der Waals surface area contributed by atoms with Gasteiger partial charge in [-0.2, -0.15) is 0 Å². The Morgan fingerprint density at radius 3 is 2.67 bits per heavy atom. The quantitative estimate of drug-likeness (QED) is 0.917. The molecular weight excluding hydrogens is 244 g/mol. The van der Waals surface area contributed by atoms with Crippen molar-refractivity contribution in [3.63, 3.8) is 0 Å². The third kappa shape index (κ3) is 3.17. The zero-order valence-electron chi connectivity index (χ0n) is 10.5. The topological polar surface area (TPSA) is 42.0 Å². The Balaban J connectivity index is 1.95. The zero-order chi connectivity index (χ0) is 13.0. The Morgan fingerprint density at radius 1 is 1.33 bits per heavy atom. The second kappa shape index (κ2) is 5.78. The number of nitrogens with zero attached hydrogens (tertiary/aromatic N) is 1. The number of thiazole rings is 1. The number of benzene rings is 1. The van der Waals surface area contributed by atoms with Crippen LogP contribution in [0, 0.1) is 0 Å². The Morgan fingerprint density at radius 2 is 2.06 bits per heavy atom. The average molecular weight is 260 g/mol. The van der Waals surface area contributed by atoms with Crippen LogP contribution >= 0.6 is 11.3 Å². The van der Waals surface area contributed by atoms with Crippen molar-refractivity contribution in [2.75, 3.05) is 0 Å². The van der Waals surface area contributed by atoms with Crippen LogP contribution in [0.3, 0.4) is 0 Å². The summed E-state index contributed by atoms with van der Waals surface area (Å²) < 4.78 is 0. The van der Waals surface area contributed by atoms with E-state index in [0.717, 1.165) is 10.6 Å². The fraction of sp³-hybridized carbons (Fsp3) is 0.286. The first-order valence-electron chi connectivity index (χ1n) is 5.94. The highest BCUT2D eigenvalue weighted by Gasteiger charge is 2.11. The number of carbonyl (C=O) groups is 1. The number of carbonyl (C=O) groups excluding carboxylic acids is 1. The van der Waals surface area contributed by atoms with Crippen LogP contribution in [0.2, 0.25) is 0 Å². The van der Waals surface area contributed by atoms with E-state index < -0.39 is 0 Å². The van der Waals surface area contributed by atoms with Gasteiger partial charge >= 0.3 is 0 Å². The molecule has 2 rings (SSSR count). The number of aromatic nitrogens is 1. The van der Waals surface area contributed by atoms with Crippen molar-refractivity contribution < 1.29 is 4.79 Å². The second-order valence-electron chi connectivity index (χ2n) is 4.39. The molecule has 2 aromatic rings. The molecule has 1 heterocycles. The number of hydrogen-bond acceptors (Lipinski definition) is 3. The summed E-state index contributed by atoms with van der Waals surface area (Å²) in [5.74, 6) is 0.257. The molecule has 1 aromatic carbocycles. The molecule has 18 heavy (non-hydrogen) atoms. The van der Waals surface area contributed by atoms with Crippen LogP contribution < -0.4 is 5.32 Å². The highest BCUT2D eigenvalue weighted by atomic mass is 32.1. The number of hydrogen-bond donors (Lipinski definition) is 1. The van der Waals surface area contributed by atoms with Crippen molar-refractivity contribution in [1.29, 1.82) is 0 Å². The molecule has 3 nitrogen and oxygen atoms in total. The van der Waals surface area contributed by atoms with Crippen molar-refractivity contribution in [3.8, 4) is 0 Å².